The van der Waals surface area contributed by atoms with Gasteiger partial charge in [-0.2, -0.15) is 0 Å². The molecule has 11 heteroatoms. The summed E-state index contributed by atoms with van der Waals surface area (Å²) in [6, 6.07) is 5.57. The van der Waals surface area contributed by atoms with Crippen molar-refractivity contribution < 1.29 is 54.4 Å². The van der Waals surface area contributed by atoms with Crippen LogP contribution in [0.1, 0.15) is 10.4 Å². The average Bonchev–Trinajstić information content (AvgIpc) is 3.18. The van der Waals surface area contributed by atoms with Crippen molar-refractivity contribution >= 4 is 5.97 Å². The molecule has 1 aromatic rings. The van der Waals surface area contributed by atoms with Gasteiger partial charge in [-0.05, 0) is 42.0 Å². The fraction of sp³-hybridized carbons (Fsp3) is 0.500. The Balaban J connectivity index is 1.49. The number of rotatable bonds is 6. The van der Waals surface area contributed by atoms with E-state index in [2.05, 4.69) is 0 Å². The lowest BCUT2D eigenvalue weighted by molar-refractivity contribution is -0.339. The number of fused-ring (bicyclic) bond motifs is 1. The summed E-state index contributed by atoms with van der Waals surface area (Å²) in [6.45, 7) is -0.987. The molecule has 2 aliphatic heterocycles. The van der Waals surface area contributed by atoms with E-state index in [-0.39, 0.29) is 17.9 Å². The van der Waals surface area contributed by atoms with Crippen molar-refractivity contribution in [2.45, 2.75) is 43.1 Å². The molecule has 0 radical (unpaired) electrons. The van der Waals surface area contributed by atoms with E-state index in [4.69, 9.17) is 18.9 Å². The molecule has 180 valence electrons. The molecule has 1 fully saturated rings. The summed E-state index contributed by atoms with van der Waals surface area (Å²) in [4.78, 5) is 12.5. The van der Waals surface area contributed by atoms with Gasteiger partial charge in [0.1, 0.15) is 36.3 Å². The van der Waals surface area contributed by atoms with Gasteiger partial charge in [0.2, 0.25) is 6.29 Å². The minimum atomic E-state index is -1.62. The second-order valence-corrected chi connectivity index (χ2v) is 8.09. The molecule has 1 aliphatic carbocycles. The third-order valence-electron chi connectivity index (χ3n) is 6.05. The fourth-order valence-electron chi connectivity index (χ4n) is 4.26. The van der Waals surface area contributed by atoms with E-state index in [9.17, 15) is 35.4 Å². The van der Waals surface area contributed by atoms with Crippen LogP contribution in [0.2, 0.25) is 0 Å². The summed E-state index contributed by atoms with van der Waals surface area (Å²) < 4.78 is 22.3. The fourth-order valence-corrected chi connectivity index (χ4v) is 4.26. The normalized spacial score (nSPS) is 37.7. The highest BCUT2D eigenvalue weighted by molar-refractivity contribution is 5.89. The summed E-state index contributed by atoms with van der Waals surface area (Å²) in [5.41, 5.74) is 0.711. The van der Waals surface area contributed by atoms with E-state index in [1.54, 1.807) is 12.2 Å². The van der Waals surface area contributed by atoms with Crippen LogP contribution < -0.4 is 0 Å². The van der Waals surface area contributed by atoms with Gasteiger partial charge in [0.15, 0.2) is 6.29 Å². The van der Waals surface area contributed by atoms with E-state index in [0.717, 1.165) is 0 Å². The van der Waals surface area contributed by atoms with Crippen molar-refractivity contribution in [3.05, 3.63) is 53.8 Å². The molecule has 6 N–H and O–H groups in total. The SMILES string of the molecule is O=C(O[C@@H]1C=C(CO)[C@@H]2[C@H](O[C@H]3O[C@@H](CO)[C@@H](O)[C@H](O)[C@@H]3O)OC=C[C@@H]21)c1ccc(O)cc1. The molecule has 11 nitrogen and oxygen atoms in total. The van der Waals surface area contributed by atoms with Crippen LogP contribution in [0.25, 0.3) is 0 Å². The highest BCUT2D eigenvalue weighted by Gasteiger charge is 2.50. The molecule has 1 saturated heterocycles. The smallest absolute Gasteiger partial charge is 0.338 e. The van der Waals surface area contributed by atoms with Crippen LogP contribution in [0.15, 0.2) is 48.3 Å². The standard InChI is InChI=1S/C22H26O11/c23-8-11-7-14(31-20(29)10-1-3-12(25)4-2-10)13-5-6-30-21(16(11)13)33-22-19(28)18(27)17(26)15(9-24)32-22/h1-7,13-19,21-28H,8-9H2/t13-,14-,15+,16+,17-,18+,19+,21+,22-/m1/s1. The first kappa shape index (κ1) is 23.6. The number of hydrogen-bond acceptors (Lipinski definition) is 11. The number of benzene rings is 1. The molecular weight excluding hydrogens is 440 g/mol. The van der Waals surface area contributed by atoms with Gasteiger partial charge >= 0.3 is 5.97 Å². The molecule has 0 unspecified atom stereocenters. The van der Waals surface area contributed by atoms with Crippen LogP contribution in [0.3, 0.4) is 0 Å². The van der Waals surface area contributed by atoms with Gasteiger partial charge in [0.05, 0.1) is 31.0 Å². The molecule has 0 bridgehead atoms. The molecule has 4 rings (SSSR count). The Morgan fingerprint density at radius 1 is 1.00 bits per heavy atom. The van der Waals surface area contributed by atoms with Crippen LogP contribution in [0.4, 0.5) is 0 Å². The molecule has 0 amide bonds. The Kier molecular flexibility index (Phi) is 7.00. The molecule has 2 heterocycles. The zero-order chi connectivity index (χ0) is 23.7. The Bertz CT molecular complexity index is 896. The molecule has 0 aromatic heterocycles. The topological polar surface area (TPSA) is 175 Å². The van der Waals surface area contributed by atoms with Crippen LogP contribution >= 0.6 is 0 Å². The zero-order valence-corrected chi connectivity index (χ0v) is 17.4. The first-order valence-electron chi connectivity index (χ1n) is 10.4. The number of carbonyl (C=O) groups is 1. The Hall–Kier alpha value is -2.51. The number of ether oxygens (including phenoxy) is 4. The van der Waals surface area contributed by atoms with Gasteiger partial charge in [-0.25, -0.2) is 4.79 Å². The molecular formula is C22H26O11. The van der Waals surface area contributed by atoms with Crippen LogP contribution in [0, 0.1) is 11.8 Å². The number of carbonyl (C=O) groups excluding carboxylic acids is 1. The summed E-state index contributed by atoms with van der Waals surface area (Å²) in [6.07, 6.45) is -4.61. The Morgan fingerprint density at radius 2 is 1.73 bits per heavy atom. The maximum absolute atomic E-state index is 12.5. The predicted octanol–water partition coefficient (Wildman–Crippen LogP) is -1.23. The lowest BCUT2D eigenvalue weighted by Gasteiger charge is -2.42. The molecule has 0 saturated carbocycles. The minimum Gasteiger partial charge on any atom is -0.508 e. The van der Waals surface area contributed by atoms with Crippen molar-refractivity contribution in [3.8, 4) is 5.75 Å². The summed E-state index contributed by atoms with van der Waals surface area (Å²) in [7, 11) is 0. The summed E-state index contributed by atoms with van der Waals surface area (Å²) in [5, 5.41) is 58.8. The molecule has 1 aromatic carbocycles. The average molecular weight is 466 g/mol. The van der Waals surface area contributed by atoms with Crippen molar-refractivity contribution in [1.82, 2.24) is 0 Å². The monoisotopic (exact) mass is 466 g/mol. The van der Waals surface area contributed by atoms with E-state index in [1.165, 1.54) is 30.5 Å². The quantitative estimate of drug-likeness (QED) is 0.219. The number of esters is 1. The lowest BCUT2D eigenvalue weighted by atomic mass is 9.88. The van der Waals surface area contributed by atoms with Crippen LogP contribution in [0.5, 0.6) is 5.75 Å². The first-order valence-corrected chi connectivity index (χ1v) is 10.4. The predicted molar refractivity (Wildman–Crippen MR) is 108 cm³/mol. The molecule has 0 spiro atoms. The van der Waals surface area contributed by atoms with Crippen molar-refractivity contribution in [2.75, 3.05) is 13.2 Å². The second-order valence-electron chi connectivity index (χ2n) is 8.09. The Labute approximate surface area is 188 Å². The van der Waals surface area contributed by atoms with Crippen molar-refractivity contribution in [1.29, 1.82) is 0 Å². The van der Waals surface area contributed by atoms with Gasteiger partial charge in [-0.1, -0.05) is 0 Å². The van der Waals surface area contributed by atoms with Gasteiger partial charge < -0.3 is 49.6 Å². The van der Waals surface area contributed by atoms with Gasteiger partial charge in [0, 0.05) is 5.92 Å². The van der Waals surface area contributed by atoms with Crippen molar-refractivity contribution in [3.63, 3.8) is 0 Å². The van der Waals surface area contributed by atoms with Gasteiger partial charge in [-0.15, -0.1) is 0 Å². The highest BCUT2D eigenvalue weighted by atomic mass is 16.8. The van der Waals surface area contributed by atoms with E-state index >= 15 is 0 Å². The van der Waals surface area contributed by atoms with Crippen molar-refractivity contribution in [2.24, 2.45) is 11.8 Å². The largest absolute Gasteiger partial charge is 0.508 e. The molecule has 9 atom stereocenters. The van der Waals surface area contributed by atoms with Gasteiger partial charge in [0.25, 0.3) is 0 Å². The third-order valence-corrected chi connectivity index (χ3v) is 6.05. The van der Waals surface area contributed by atoms with Crippen LogP contribution in [-0.4, -0.2) is 92.9 Å². The zero-order valence-electron chi connectivity index (χ0n) is 17.4. The maximum Gasteiger partial charge on any atom is 0.338 e. The van der Waals surface area contributed by atoms with E-state index in [0.29, 0.717) is 5.57 Å². The summed E-state index contributed by atoms with van der Waals surface area (Å²) >= 11 is 0. The van der Waals surface area contributed by atoms with Crippen LogP contribution in [-0.2, 0) is 18.9 Å². The number of aliphatic hydroxyl groups is 5. The highest BCUT2D eigenvalue weighted by Crippen LogP contribution is 2.42. The maximum atomic E-state index is 12.5. The lowest BCUT2D eigenvalue weighted by Crippen LogP contribution is -2.60. The third kappa shape index (κ3) is 4.62. The number of phenols is 1. The number of aromatic hydroxyl groups is 1. The second kappa shape index (κ2) is 9.77. The van der Waals surface area contributed by atoms with Gasteiger partial charge in [-0.3, -0.25) is 0 Å². The number of hydrogen-bond donors (Lipinski definition) is 6. The number of phenolic OH excluding ortho intramolecular Hbond substituents is 1. The van der Waals surface area contributed by atoms with E-state index < -0.39 is 67.5 Å². The molecule has 3 aliphatic rings. The Morgan fingerprint density at radius 3 is 2.39 bits per heavy atom. The van der Waals surface area contributed by atoms with E-state index in [1.807, 2.05) is 0 Å². The molecule has 33 heavy (non-hydrogen) atoms. The minimum absolute atomic E-state index is 0.00971. The summed E-state index contributed by atoms with van der Waals surface area (Å²) in [5.74, 6) is -1.68. The number of aliphatic hydroxyl groups excluding tert-OH is 5. The first-order chi connectivity index (χ1) is 15.8.